The van der Waals surface area contributed by atoms with Crippen LogP contribution in [-0.2, 0) is 9.59 Å². The number of aromatic nitrogens is 2. The molecule has 21 heavy (non-hydrogen) atoms. The summed E-state index contributed by atoms with van der Waals surface area (Å²) >= 11 is 0. The van der Waals surface area contributed by atoms with Crippen molar-refractivity contribution in [1.29, 1.82) is 0 Å². The highest BCUT2D eigenvalue weighted by atomic mass is 16.2. The third-order valence-electron chi connectivity index (χ3n) is 4.00. The topological polar surface area (TPSA) is 66.4 Å². The molecule has 0 N–H and O–H groups in total. The monoisotopic (exact) mass is 290 g/mol. The molecule has 1 atom stereocenters. The Morgan fingerprint density at radius 2 is 2.24 bits per heavy atom. The van der Waals surface area contributed by atoms with E-state index in [0.29, 0.717) is 13.0 Å². The quantitative estimate of drug-likeness (QED) is 0.840. The van der Waals surface area contributed by atoms with Gasteiger partial charge in [-0.1, -0.05) is 6.42 Å². The Bertz CT molecular complexity index is 492. The zero-order valence-corrected chi connectivity index (χ0v) is 12.7. The minimum absolute atomic E-state index is 0.0589. The normalized spacial score (nSPS) is 17.2. The average Bonchev–Trinajstić information content (AvgIpc) is 2.71. The first-order valence-corrected chi connectivity index (χ1v) is 7.39. The van der Waals surface area contributed by atoms with Crippen LogP contribution in [0.25, 0.3) is 0 Å². The lowest BCUT2D eigenvalue weighted by atomic mass is 10.2. The van der Waals surface area contributed by atoms with Crippen molar-refractivity contribution in [2.24, 2.45) is 0 Å². The highest BCUT2D eigenvalue weighted by Gasteiger charge is 2.24. The van der Waals surface area contributed by atoms with E-state index in [1.54, 1.807) is 29.1 Å². The van der Waals surface area contributed by atoms with Gasteiger partial charge in [0.25, 0.3) is 0 Å². The molecule has 0 saturated carbocycles. The molecule has 1 aliphatic rings. The number of rotatable bonds is 4. The van der Waals surface area contributed by atoms with Crippen LogP contribution in [0.4, 0.5) is 0 Å². The van der Waals surface area contributed by atoms with E-state index in [1.165, 1.54) is 6.33 Å². The summed E-state index contributed by atoms with van der Waals surface area (Å²) in [5, 5.41) is 0. The fraction of sp³-hybridized carbons (Fsp3) is 0.600. The van der Waals surface area contributed by atoms with Gasteiger partial charge in [-0.3, -0.25) is 9.59 Å². The van der Waals surface area contributed by atoms with E-state index in [-0.39, 0.29) is 24.4 Å². The van der Waals surface area contributed by atoms with Crippen molar-refractivity contribution in [3.63, 3.8) is 0 Å². The number of likely N-dealkylation sites (tertiary alicyclic amines) is 1. The largest absolute Gasteiger partial charge is 0.336 e. The van der Waals surface area contributed by atoms with Gasteiger partial charge < -0.3 is 9.80 Å². The number of amides is 2. The van der Waals surface area contributed by atoms with E-state index in [0.717, 1.165) is 25.0 Å². The molecule has 6 heteroatoms. The van der Waals surface area contributed by atoms with Crippen molar-refractivity contribution in [3.05, 3.63) is 24.3 Å². The molecule has 2 amide bonds. The van der Waals surface area contributed by atoms with Gasteiger partial charge in [-0.2, -0.15) is 0 Å². The van der Waals surface area contributed by atoms with E-state index in [9.17, 15) is 9.59 Å². The number of carbonyl (C=O) groups is 2. The Balaban J connectivity index is 1.97. The van der Waals surface area contributed by atoms with E-state index in [1.807, 2.05) is 6.92 Å². The first-order valence-electron chi connectivity index (χ1n) is 7.39. The Morgan fingerprint density at radius 1 is 1.43 bits per heavy atom. The second-order valence-corrected chi connectivity index (χ2v) is 5.44. The summed E-state index contributed by atoms with van der Waals surface area (Å²) in [6.07, 6.45) is 6.65. The zero-order valence-electron chi connectivity index (χ0n) is 12.7. The summed E-state index contributed by atoms with van der Waals surface area (Å²) < 4.78 is 0. The molecule has 2 rings (SSSR count). The molecule has 6 nitrogen and oxygen atoms in total. The van der Waals surface area contributed by atoms with Gasteiger partial charge in [-0.25, -0.2) is 9.97 Å². The zero-order chi connectivity index (χ0) is 15.2. The minimum atomic E-state index is -0.136. The third kappa shape index (κ3) is 4.00. The summed E-state index contributed by atoms with van der Waals surface area (Å²) in [6, 6.07) is 1.66. The number of hydrogen-bond donors (Lipinski definition) is 0. The van der Waals surface area contributed by atoms with Gasteiger partial charge >= 0.3 is 0 Å². The van der Waals surface area contributed by atoms with Crippen LogP contribution in [0.5, 0.6) is 0 Å². The van der Waals surface area contributed by atoms with Gasteiger partial charge in [-0.15, -0.1) is 0 Å². The standard InChI is InChI=1S/C15H22N4O2/c1-12(13-7-8-16-11-17-13)18(2)15(21)10-19-9-5-3-4-6-14(19)20/h7-8,11-12H,3-6,9-10H2,1-2H3. The summed E-state index contributed by atoms with van der Waals surface area (Å²) in [5.41, 5.74) is 0.794. The van der Waals surface area contributed by atoms with Crippen molar-refractivity contribution < 1.29 is 9.59 Å². The molecular weight excluding hydrogens is 268 g/mol. The van der Waals surface area contributed by atoms with Crippen LogP contribution in [0, 0.1) is 0 Å². The van der Waals surface area contributed by atoms with Gasteiger partial charge in [0.2, 0.25) is 11.8 Å². The van der Waals surface area contributed by atoms with Crippen molar-refractivity contribution in [2.45, 2.75) is 38.6 Å². The molecular formula is C15H22N4O2. The maximum absolute atomic E-state index is 12.4. The van der Waals surface area contributed by atoms with Crippen molar-refractivity contribution in [2.75, 3.05) is 20.1 Å². The summed E-state index contributed by atoms with van der Waals surface area (Å²) in [4.78, 5) is 35.7. The smallest absolute Gasteiger partial charge is 0.242 e. The van der Waals surface area contributed by atoms with Crippen LogP contribution < -0.4 is 0 Å². The maximum Gasteiger partial charge on any atom is 0.242 e. The van der Waals surface area contributed by atoms with E-state index in [2.05, 4.69) is 9.97 Å². The molecule has 1 aromatic rings. The van der Waals surface area contributed by atoms with Gasteiger partial charge in [0.1, 0.15) is 6.33 Å². The minimum Gasteiger partial charge on any atom is -0.336 e. The second-order valence-electron chi connectivity index (χ2n) is 5.44. The van der Waals surface area contributed by atoms with E-state index >= 15 is 0 Å². The summed E-state index contributed by atoms with van der Waals surface area (Å²) in [6.45, 7) is 2.76. The molecule has 1 saturated heterocycles. The van der Waals surface area contributed by atoms with E-state index < -0.39 is 0 Å². The van der Waals surface area contributed by atoms with Crippen LogP contribution in [0.3, 0.4) is 0 Å². The van der Waals surface area contributed by atoms with Crippen molar-refractivity contribution in [3.8, 4) is 0 Å². The number of nitrogens with zero attached hydrogens (tertiary/aromatic N) is 4. The van der Waals surface area contributed by atoms with Gasteiger partial charge in [-0.05, 0) is 25.8 Å². The Kier molecular flexibility index (Phi) is 5.25. The molecule has 1 fully saturated rings. The first kappa shape index (κ1) is 15.4. The molecule has 1 unspecified atom stereocenters. The number of likely N-dealkylation sites (N-methyl/N-ethyl adjacent to an activating group) is 1. The maximum atomic E-state index is 12.4. The van der Waals surface area contributed by atoms with Crippen molar-refractivity contribution >= 4 is 11.8 Å². The van der Waals surface area contributed by atoms with Crippen LogP contribution in [0.15, 0.2) is 18.6 Å². The molecule has 0 radical (unpaired) electrons. The number of hydrogen-bond acceptors (Lipinski definition) is 4. The first-order chi connectivity index (χ1) is 10.1. The fourth-order valence-corrected chi connectivity index (χ4v) is 2.44. The highest BCUT2D eigenvalue weighted by molar-refractivity contribution is 5.85. The molecule has 114 valence electrons. The molecule has 0 bridgehead atoms. The van der Waals surface area contributed by atoms with Crippen LogP contribution in [0.2, 0.25) is 0 Å². The molecule has 2 heterocycles. The van der Waals surface area contributed by atoms with E-state index in [4.69, 9.17) is 0 Å². The lowest BCUT2D eigenvalue weighted by molar-refractivity contribution is -0.140. The summed E-state index contributed by atoms with van der Waals surface area (Å²) in [7, 11) is 1.75. The SMILES string of the molecule is CC(c1ccncn1)N(C)C(=O)CN1CCCCCC1=O. The van der Waals surface area contributed by atoms with Crippen LogP contribution >= 0.6 is 0 Å². The fourth-order valence-electron chi connectivity index (χ4n) is 2.44. The Hall–Kier alpha value is -1.98. The predicted octanol–water partition coefficient (Wildman–Crippen LogP) is 1.40. The molecule has 0 aliphatic carbocycles. The number of carbonyl (C=O) groups excluding carboxylic acids is 2. The van der Waals surface area contributed by atoms with Gasteiger partial charge in [0.05, 0.1) is 18.3 Å². The molecule has 0 aromatic carbocycles. The molecule has 1 aromatic heterocycles. The Labute approximate surface area is 125 Å². The highest BCUT2D eigenvalue weighted by Crippen LogP contribution is 2.17. The predicted molar refractivity (Wildman–Crippen MR) is 78.3 cm³/mol. The third-order valence-corrected chi connectivity index (χ3v) is 4.00. The van der Waals surface area contributed by atoms with Crippen molar-refractivity contribution in [1.82, 2.24) is 19.8 Å². The second kappa shape index (κ2) is 7.15. The van der Waals surface area contributed by atoms with Crippen LogP contribution in [-0.4, -0.2) is 51.7 Å². The van der Waals surface area contributed by atoms with Gasteiger partial charge in [0.15, 0.2) is 0 Å². The summed E-state index contributed by atoms with van der Waals surface area (Å²) in [5.74, 6) is 0.0281. The molecule has 0 spiro atoms. The Morgan fingerprint density at radius 3 is 2.95 bits per heavy atom. The van der Waals surface area contributed by atoms with Gasteiger partial charge in [0, 0.05) is 26.2 Å². The lowest BCUT2D eigenvalue weighted by Crippen LogP contribution is -2.42. The molecule has 1 aliphatic heterocycles. The average molecular weight is 290 g/mol. The van der Waals surface area contributed by atoms with Crippen LogP contribution in [0.1, 0.15) is 44.3 Å². The lowest BCUT2D eigenvalue weighted by Gasteiger charge is -2.28.